The molecule has 0 bridgehead atoms. The van der Waals surface area contributed by atoms with Crippen LogP contribution in [0.25, 0.3) is 11.5 Å². The SMILES string of the molecule is O=C(CSc1nnc(-c2ccc(Cl)cc2)o1)OCc1ccccc1F. The maximum atomic E-state index is 13.4. The molecule has 0 atom stereocenters. The Morgan fingerprint density at radius 1 is 1.16 bits per heavy atom. The van der Waals surface area contributed by atoms with Crippen LogP contribution >= 0.6 is 23.4 Å². The fourth-order valence-electron chi connectivity index (χ4n) is 1.91. The number of thioether (sulfide) groups is 1. The Morgan fingerprint density at radius 2 is 1.92 bits per heavy atom. The number of nitrogens with zero attached hydrogens (tertiary/aromatic N) is 2. The molecule has 0 aliphatic carbocycles. The second kappa shape index (κ2) is 8.13. The van der Waals surface area contributed by atoms with Gasteiger partial charge in [0.1, 0.15) is 18.2 Å². The standard InChI is InChI=1S/C17H12ClFN2O3S/c18-13-7-5-11(6-8-13)16-20-21-17(24-16)25-10-15(22)23-9-12-3-1-2-4-14(12)19/h1-8H,9-10H2. The molecule has 0 aliphatic rings. The zero-order valence-corrected chi connectivity index (χ0v) is 14.4. The Kier molecular flexibility index (Phi) is 5.67. The van der Waals surface area contributed by atoms with Crippen LogP contribution in [0.5, 0.6) is 0 Å². The maximum Gasteiger partial charge on any atom is 0.316 e. The van der Waals surface area contributed by atoms with Crippen molar-refractivity contribution in [3.63, 3.8) is 0 Å². The molecule has 0 N–H and O–H groups in total. The van der Waals surface area contributed by atoms with Crippen LogP contribution in [0.1, 0.15) is 5.56 Å². The second-order valence-corrected chi connectivity index (χ2v) is 6.28. The minimum absolute atomic E-state index is 0.0172. The summed E-state index contributed by atoms with van der Waals surface area (Å²) in [4.78, 5) is 11.7. The molecule has 3 rings (SSSR count). The zero-order valence-electron chi connectivity index (χ0n) is 12.8. The normalized spacial score (nSPS) is 10.6. The molecular formula is C17H12ClFN2O3S. The van der Waals surface area contributed by atoms with E-state index in [2.05, 4.69) is 10.2 Å². The number of benzene rings is 2. The fraction of sp³-hybridized carbons (Fsp3) is 0.118. The minimum Gasteiger partial charge on any atom is -0.460 e. The van der Waals surface area contributed by atoms with E-state index in [4.69, 9.17) is 20.8 Å². The van der Waals surface area contributed by atoms with Gasteiger partial charge in [-0.1, -0.05) is 41.6 Å². The van der Waals surface area contributed by atoms with Crippen LogP contribution in [-0.4, -0.2) is 21.9 Å². The van der Waals surface area contributed by atoms with Crippen LogP contribution in [0.2, 0.25) is 5.02 Å². The van der Waals surface area contributed by atoms with E-state index in [0.29, 0.717) is 16.5 Å². The summed E-state index contributed by atoms with van der Waals surface area (Å²) in [5.74, 6) is -0.595. The Labute approximate surface area is 152 Å². The van der Waals surface area contributed by atoms with E-state index >= 15 is 0 Å². The van der Waals surface area contributed by atoms with Gasteiger partial charge in [0.25, 0.3) is 5.22 Å². The predicted octanol–water partition coefficient (Wildman–Crippen LogP) is 4.36. The third kappa shape index (κ3) is 4.80. The minimum atomic E-state index is -0.500. The molecule has 25 heavy (non-hydrogen) atoms. The molecule has 3 aromatic rings. The van der Waals surface area contributed by atoms with E-state index in [-0.39, 0.29) is 17.6 Å². The molecule has 0 unspecified atom stereocenters. The summed E-state index contributed by atoms with van der Waals surface area (Å²) in [6, 6.07) is 13.1. The Bertz CT molecular complexity index is 870. The Morgan fingerprint density at radius 3 is 2.68 bits per heavy atom. The predicted molar refractivity (Wildman–Crippen MR) is 91.7 cm³/mol. The van der Waals surface area contributed by atoms with Crippen molar-refractivity contribution in [3.8, 4) is 11.5 Å². The first-order valence-corrected chi connectivity index (χ1v) is 8.59. The molecule has 0 radical (unpaired) electrons. The van der Waals surface area contributed by atoms with Gasteiger partial charge in [-0.2, -0.15) is 0 Å². The largest absolute Gasteiger partial charge is 0.460 e. The molecule has 2 aromatic carbocycles. The summed E-state index contributed by atoms with van der Waals surface area (Å²) in [6.07, 6.45) is 0. The van der Waals surface area contributed by atoms with Crippen molar-refractivity contribution in [2.24, 2.45) is 0 Å². The van der Waals surface area contributed by atoms with Crippen LogP contribution in [0.3, 0.4) is 0 Å². The van der Waals surface area contributed by atoms with E-state index in [1.54, 1.807) is 42.5 Å². The quantitative estimate of drug-likeness (QED) is 0.469. The summed E-state index contributed by atoms with van der Waals surface area (Å²) in [5.41, 5.74) is 1.05. The number of carbonyl (C=O) groups is 1. The van der Waals surface area contributed by atoms with E-state index in [1.807, 2.05) is 0 Å². The lowest BCUT2D eigenvalue weighted by Crippen LogP contribution is -2.08. The molecule has 0 aliphatic heterocycles. The lowest BCUT2D eigenvalue weighted by atomic mass is 10.2. The Hall–Kier alpha value is -2.38. The van der Waals surface area contributed by atoms with E-state index in [0.717, 1.165) is 17.3 Å². The molecule has 8 heteroatoms. The highest BCUT2D eigenvalue weighted by atomic mass is 35.5. The van der Waals surface area contributed by atoms with E-state index < -0.39 is 11.8 Å². The molecule has 1 aromatic heterocycles. The lowest BCUT2D eigenvalue weighted by molar-refractivity contribution is -0.141. The zero-order chi connectivity index (χ0) is 17.6. The third-order valence-electron chi connectivity index (χ3n) is 3.16. The summed E-state index contributed by atoms with van der Waals surface area (Å²) in [7, 11) is 0. The van der Waals surface area contributed by atoms with Crippen LogP contribution in [-0.2, 0) is 16.1 Å². The van der Waals surface area contributed by atoms with Gasteiger partial charge in [-0.25, -0.2) is 4.39 Å². The van der Waals surface area contributed by atoms with Gasteiger partial charge in [0.05, 0.1) is 0 Å². The number of esters is 1. The molecule has 0 saturated carbocycles. The lowest BCUT2D eigenvalue weighted by Gasteiger charge is -2.04. The van der Waals surface area contributed by atoms with Gasteiger partial charge in [-0.3, -0.25) is 4.79 Å². The second-order valence-electron chi connectivity index (χ2n) is 4.92. The van der Waals surface area contributed by atoms with Gasteiger partial charge in [-0.15, -0.1) is 10.2 Å². The van der Waals surface area contributed by atoms with Crippen LogP contribution in [0.15, 0.2) is 58.2 Å². The molecule has 0 saturated heterocycles. The highest BCUT2D eigenvalue weighted by molar-refractivity contribution is 7.99. The van der Waals surface area contributed by atoms with Crippen molar-refractivity contribution in [2.45, 2.75) is 11.8 Å². The Balaban J connectivity index is 1.51. The highest BCUT2D eigenvalue weighted by Gasteiger charge is 2.12. The average molecular weight is 379 g/mol. The third-order valence-corrected chi connectivity index (χ3v) is 4.20. The van der Waals surface area contributed by atoms with Crippen LogP contribution in [0.4, 0.5) is 4.39 Å². The molecule has 1 heterocycles. The number of hydrogen-bond acceptors (Lipinski definition) is 6. The van der Waals surface area contributed by atoms with Crippen molar-refractivity contribution in [3.05, 3.63) is 64.9 Å². The van der Waals surface area contributed by atoms with Gasteiger partial charge >= 0.3 is 5.97 Å². The van der Waals surface area contributed by atoms with Gasteiger partial charge in [-0.05, 0) is 30.3 Å². The van der Waals surface area contributed by atoms with Crippen molar-refractivity contribution in [1.29, 1.82) is 0 Å². The first kappa shape index (κ1) is 17.4. The number of hydrogen-bond donors (Lipinski definition) is 0. The van der Waals surface area contributed by atoms with Gasteiger partial charge < -0.3 is 9.15 Å². The van der Waals surface area contributed by atoms with Crippen molar-refractivity contribution in [1.82, 2.24) is 10.2 Å². The number of rotatable bonds is 6. The fourth-order valence-corrected chi connectivity index (χ4v) is 2.60. The average Bonchev–Trinajstić information content (AvgIpc) is 3.09. The number of ether oxygens (including phenoxy) is 1. The number of aromatic nitrogens is 2. The van der Waals surface area contributed by atoms with E-state index in [9.17, 15) is 9.18 Å². The van der Waals surface area contributed by atoms with Crippen molar-refractivity contribution in [2.75, 3.05) is 5.75 Å². The summed E-state index contributed by atoms with van der Waals surface area (Å²) < 4.78 is 23.9. The molecule has 5 nitrogen and oxygen atoms in total. The smallest absolute Gasteiger partial charge is 0.316 e. The number of carbonyl (C=O) groups excluding carboxylic acids is 1. The summed E-state index contributed by atoms with van der Waals surface area (Å²) in [6.45, 7) is -0.119. The van der Waals surface area contributed by atoms with Crippen LogP contribution in [0, 0.1) is 5.82 Å². The highest BCUT2D eigenvalue weighted by Crippen LogP contribution is 2.24. The van der Waals surface area contributed by atoms with Crippen molar-refractivity contribution >= 4 is 29.3 Å². The molecule has 128 valence electrons. The maximum absolute atomic E-state index is 13.4. The van der Waals surface area contributed by atoms with Crippen molar-refractivity contribution < 1.29 is 18.3 Å². The van der Waals surface area contributed by atoms with E-state index in [1.165, 1.54) is 6.07 Å². The van der Waals surface area contributed by atoms with Gasteiger partial charge in [0, 0.05) is 16.1 Å². The first-order chi connectivity index (χ1) is 12.1. The number of halogens is 2. The topological polar surface area (TPSA) is 65.2 Å². The molecule has 0 spiro atoms. The summed E-state index contributed by atoms with van der Waals surface area (Å²) in [5, 5.41) is 8.63. The van der Waals surface area contributed by atoms with Crippen LogP contribution < -0.4 is 0 Å². The molecule has 0 fully saturated rings. The first-order valence-electron chi connectivity index (χ1n) is 7.23. The van der Waals surface area contributed by atoms with Gasteiger partial charge in [0.2, 0.25) is 5.89 Å². The molecule has 0 amide bonds. The van der Waals surface area contributed by atoms with Gasteiger partial charge in [0.15, 0.2) is 0 Å². The monoisotopic (exact) mass is 378 g/mol. The summed E-state index contributed by atoms with van der Waals surface area (Å²) >= 11 is 6.88. The molecular weight excluding hydrogens is 367 g/mol.